The minimum absolute atomic E-state index is 0.283. The number of aryl methyl sites for hydroxylation is 1. The number of benzene rings is 2. The van der Waals surface area contributed by atoms with Crippen LogP contribution < -0.4 is 5.73 Å². The summed E-state index contributed by atoms with van der Waals surface area (Å²) in [5.41, 5.74) is 9.41. The minimum Gasteiger partial charge on any atom is -0.387 e. The van der Waals surface area contributed by atoms with Gasteiger partial charge in [0.05, 0.1) is 6.10 Å². The molecule has 0 heterocycles. The summed E-state index contributed by atoms with van der Waals surface area (Å²) in [5.74, 6) is 0. The molecule has 3 N–H and O–H groups in total. The Bertz CT molecular complexity index is 492. The van der Waals surface area contributed by atoms with Crippen LogP contribution in [0.3, 0.4) is 0 Å². The van der Waals surface area contributed by atoms with Crippen molar-refractivity contribution in [3.05, 3.63) is 71.3 Å². The van der Waals surface area contributed by atoms with E-state index in [2.05, 4.69) is 6.92 Å². The van der Waals surface area contributed by atoms with E-state index in [0.29, 0.717) is 6.42 Å². The molecule has 0 aliphatic carbocycles. The monoisotopic (exact) mass is 255 g/mol. The molecule has 0 aromatic heterocycles. The van der Waals surface area contributed by atoms with Gasteiger partial charge in [-0.25, -0.2) is 0 Å². The summed E-state index contributed by atoms with van der Waals surface area (Å²) in [5, 5.41) is 10.3. The van der Waals surface area contributed by atoms with Crippen LogP contribution in [-0.2, 0) is 12.8 Å². The number of nitrogens with two attached hydrogens (primary N) is 1. The molecule has 2 atom stereocenters. The predicted molar refractivity (Wildman–Crippen MR) is 78.9 cm³/mol. The molecule has 0 saturated heterocycles. The zero-order valence-electron chi connectivity index (χ0n) is 11.3. The van der Waals surface area contributed by atoms with Crippen LogP contribution in [0.5, 0.6) is 0 Å². The molecule has 0 aliphatic rings. The fraction of sp³-hybridized carbons (Fsp3) is 0.294. The van der Waals surface area contributed by atoms with Crippen molar-refractivity contribution in [1.82, 2.24) is 0 Å². The topological polar surface area (TPSA) is 46.2 Å². The fourth-order valence-electron chi connectivity index (χ4n) is 2.20. The first-order valence-electron chi connectivity index (χ1n) is 6.77. The van der Waals surface area contributed by atoms with Crippen LogP contribution in [-0.4, -0.2) is 11.1 Å². The lowest BCUT2D eigenvalue weighted by Gasteiger charge is -2.19. The molecule has 0 saturated carbocycles. The Morgan fingerprint density at radius 1 is 0.947 bits per heavy atom. The van der Waals surface area contributed by atoms with Gasteiger partial charge in [0, 0.05) is 6.04 Å². The highest BCUT2D eigenvalue weighted by Gasteiger charge is 2.17. The SMILES string of the molecule is CCc1ccc(C(O)C(N)Cc2ccccc2)cc1. The Labute approximate surface area is 114 Å². The van der Waals surface area contributed by atoms with Gasteiger partial charge in [0.1, 0.15) is 0 Å². The molecule has 0 fully saturated rings. The third kappa shape index (κ3) is 3.66. The van der Waals surface area contributed by atoms with E-state index in [1.807, 2.05) is 54.6 Å². The van der Waals surface area contributed by atoms with Crippen LogP contribution in [0, 0.1) is 0 Å². The number of aliphatic hydroxyl groups is 1. The van der Waals surface area contributed by atoms with Gasteiger partial charge in [-0.05, 0) is 29.5 Å². The zero-order chi connectivity index (χ0) is 13.7. The molecule has 0 amide bonds. The highest BCUT2D eigenvalue weighted by atomic mass is 16.3. The fourth-order valence-corrected chi connectivity index (χ4v) is 2.20. The van der Waals surface area contributed by atoms with Gasteiger partial charge in [0.2, 0.25) is 0 Å². The molecule has 0 spiro atoms. The summed E-state index contributed by atoms with van der Waals surface area (Å²) in [6, 6.07) is 17.8. The van der Waals surface area contributed by atoms with Crippen molar-refractivity contribution in [2.24, 2.45) is 5.73 Å². The maximum Gasteiger partial charge on any atom is 0.0944 e. The van der Waals surface area contributed by atoms with Gasteiger partial charge >= 0.3 is 0 Å². The average Bonchev–Trinajstić information content (AvgIpc) is 2.47. The van der Waals surface area contributed by atoms with E-state index in [1.54, 1.807) is 0 Å². The average molecular weight is 255 g/mol. The van der Waals surface area contributed by atoms with Gasteiger partial charge in [0.25, 0.3) is 0 Å². The molecular weight excluding hydrogens is 234 g/mol. The third-order valence-corrected chi connectivity index (χ3v) is 3.45. The Balaban J connectivity index is 2.03. The number of hydrogen-bond donors (Lipinski definition) is 2. The molecule has 19 heavy (non-hydrogen) atoms. The van der Waals surface area contributed by atoms with E-state index in [9.17, 15) is 5.11 Å². The van der Waals surface area contributed by atoms with Crippen LogP contribution in [0.25, 0.3) is 0 Å². The van der Waals surface area contributed by atoms with Crippen molar-refractivity contribution in [2.45, 2.75) is 31.9 Å². The van der Waals surface area contributed by atoms with Crippen molar-refractivity contribution in [3.63, 3.8) is 0 Å². The van der Waals surface area contributed by atoms with Crippen LogP contribution in [0.2, 0.25) is 0 Å². The molecule has 100 valence electrons. The second-order valence-corrected chi connectivity index (χ2v) is 4.89. The quantitative estimate of drug-likeness (QED) is 0.863. The second kappa shape index (κ2) is 6.50. The zero-order valence-corrected chi connectivity index (χ0v) is 11.3. The molecule has 0 bridgehead atoms. The number of aliphatic hydroxyl groups excluding tert-OH is 1. The summed E-state index contributed by atoms with van der Waals surface area (Å²) in [6.07, 6.45) is 1.07. The summed E-state index contributed by atoms with van der Waals surface area (Å²) in [6.45, 7) is 2.12. The van der Waals surface area contributed by atoms with Gasteiger partial charge < -0.3 is 10.8 Å². The van der Waals surface area contributed by atoms with Crippen molar-refractivity contribution in [2.75, 3.05) is 0 Å². The Morgan fingerprint density at radius 2 is 1.58 bits per heavy atom. The molecule has 0 aliphatic heterocycles. The smallest absolute Gasteiger partial charge is 0.0944 e. The van der Waals surface area contributed by atoms with Crippen LogP contribution in [0.15, 0.2) is 54.6 Å². The van der Waals surface area contributed by atoms with Gasteiger partial charge in [-0.2, -0.15) is 0 Å². The van der Waals surface area contributed by atoms with E-state index >= 15 is 0 Å². The third-order valence-electron chi connectivity index (χ3n) is 3.45. The molecule has 2 unspecified atom stereocenters. The maximum absolute atomic E-state index is 10.3. The standard InChI is InChI=1S/C17H21NO/c1-2-13-8-10-15(11-9-13)17(19)16(18)12-14-6-4-3-5-7-14/h3-11,16-17,19H,2,12,18H2,1H3. The van der Waals surface area contributed by atoms with Crippen molar-refractivity contribution >= 4 is 0 Å². The number of hydrogen-bond acceptors (Lipinski definition) is 2. The summed E-state index contributed by atoms with van der Waals surface area (Å²) < 4.78 is 0. The lowest BCUT2D eigenvalue weighted by Crippen LogP contribution is -2.30. The molecular formula is C17H21NO. The largest absolute Gasteiger partial charge is 0.387 e. The van der Waals surface area contributed by atoms with Crippen molar-refractivity contribution in [3.8, 4) is 0 Å². The molecule has 2 aromatic rings. The van der Waals surface area contributed by atoms with E-state index in [4.69, 9.17) is 5.73 Å². The van der Waals surface area contributed by atoms with Gasteiger partial charge in [-0.1, -0.05) is 61.5 Å². The lowest BCUT2D eigenvalue weighted by atomic mass is 9.96. The molecule has 2 aromatic carbocycles. The first-order valence-corrected chi connectivity index (χ1v) is 6.77. The first-order chi connectivity index (χ1) is 9.20. The van der Waals surface area contributed by atoms with Gasteiger partial charge in [0.15, 0.2) is 0 Å². The van der Waals surface area contributed by atoms with E-state index in [0.717, 1.165) is 17.5 Å². The van der Waals surface area contributed by atoms with Gasteiger partial charge in [-0.15, -0.1) is 0 Å². The summed E-state index contributed by atoms with van der Waals surface area (Å²) >= 11 is 0. The summed E-state index contributed by atoms with van der Waals surface area (Å²) in [4.78, 5) is 0. The van der Waals surface area contributed by atoms with Crippen molar-refractivity contribution < 1.29 is 5.11 Å². The van der Waals surface area contributed by atoms with E-state index in [-0.39, 0.29) is 6.04 Å². The highest BCUT2D eigenvalue weighted by molar-refractivity contribution is 5.26. The predicted octanol–water partition coefficient (Wildman–Crippen LogP) is 2.85. The van der Waals surface area contributed by atoms with Gasteiger partial charge in [-0.3, -0.25) is 0 Å². The van der Waals surface area contributed by atoms with E-state index in [1.165, 1.54) is 5.56 Å². The van der Waals surface area contributed by atoms with Crippen molar-refractivity contribution in [1.29, 1.82) is 0 Å². The number of rotatable bonds is 5. The Hall–Kier alpha value is -1.64. The van der Waals surface area contributed by atoms with Crippen LogP contribution >= 0.6 is 0 Å². The highest BCUT2D eigenvalue weighted by Crippen LogP contribution is 2.19. The second-order valence-electron chi connectivity index (χ2n) is 4.89. The minimum atomic E-state index is -0.619. The first kappa shape index (κ1) is 13.8. The van der Waals surface area contributed by atoms with E-state index < -0.39 is 6.10 Å². The molecule has 2 nitrogen and oxygen atoms in total. The molecule has 2 rings (SSSR count). The van der Waals surface area contributed by atoms with Crippen LogP contribution in [0.1, 0.15) is 29.7 Å². The molecule has 2 heteroatoms. The lowest BCUT2D eigenvalue weighted by molar-refractivity contribution is 0.146. The molecule has 0 radical (unpaired) electrons. The summed E-state index contributed by atoms with van der Waals surface area (Å²) in [7, 11) is 0. The normalized spacial score (nSPS) is 14.1. The van der Waals surface area contributed by atoms with Crippen LogP contribution in [0.4, 0.5) is 0 Å². The maximum atomic E-state index is 10.3. The Kier molecular flexibility index (Phi) is 4.72. The Morgan fingerprint density at radius 3 is 2.16 bits per heavy atom.